The van der Waals surface area contributed by atoms with Crippen LogP contribution in [0.25, 0.3) is 10.9 Å². The minimum absolute atomic E-state index is 0.00229. The highest BCUT2D eigenvalue weighted by atomic mass is 35.5. The third-order valence-corrected chi connectivity index (χ3v) is 7.07. The van der Waals surface area contributed by atoms with Crippen molar-refractivity contribution in [3.05, 3.63) is 88.3 Å². The van der Waals surface area contributed by atoms with Crippen LogP contribution in [0.4, 0.5) is 4.39 Å². The summed E-state index contributed by atoms with van der Waals surface area (Å²) in [6, 6.07) is 15.3. The molecule has 0 bridgehead atoms. The Bertz CT molecular complexity index is 1540. The number of methoxy groups -OCH3 is 1. The zero-order chi connectivity index (χ0) is 28.8. The molecule has 1 aliphatic rings. The Morgan fingerprint density at radius 2 is 1.83 bits per heavy atom. The Morgan fingerprint density at radius 1 is 1.00 bits per heavy atom. The summed E-state index contributed by atoms with van der Waals surface area (Å²) in [6.07, 6.45) is 2.67. The molecule has 4 aromatic rings. The number of ether oxygens (including phenoxy) is 5. The SMILES string of the molecule is COc1cc2c(Oc3ccc(CC(=O)Cc4cc(C)ccc4F)c(Cl)c3)ccnc2cc1OCCCOC1COC1. The van der Waals surface area contributed by atoms with Gasteiger partial charge in [0.1, 0.15) is 29.2 Å². The lowest BCUT2D eigenvalue weighted by Crippen LogP contribution is -2.36. The van der Waals surface area contributed by atoms with Crippen molar-refractivity contribution >= 4 is 28.3 Å². The standard InChI is InChI=1S/C32H31ClFNO6/c1-20-4-7-28(34)22(12-20)14-23(36)13-21-5-6-24(15-27(21)33)41-30-8-9-35-29-17-32(31(37-2)16-26(29)30)40-11-3-10-39-25-18-38-19-25/h4-9,12,15-17,25H,3,10-11,13-14,18-19H2,1-2H3. The molecule has 0 aliphatic carbocycles. The Labute approximate surface area is 243 Å². The van der Waals surface area contributed by atoms with Crippen LogP contribution in [0.2, 0.25) is 5.02 Å². The number of nitrogens with zero attached hydrogens (tertiary/aromatic N) is 1. The molecule has 214 valence electrons. The van der Waals surface area contributed by atoms with Crippen LogP contribution in [0.3, 0.4) is 0 Å². The molecular formula is C32H31ClFNO6. The number of Topliss-reactive ketones (excluding diaryl/α,β-unsaturated/α-hetero) is 1. The van der Waals surface area contributed by atoms with Crippen LogP contribution in [-0.2, 0) is 27.1 Å². The number of aromatic nitrogens is 1. The fourth-order valence-corrected chi connectivity index (χ4v) is 4.72. The Kier molecular flexibility index (Phi) is 9.34. The first-order valence-corrected chi connectivity index (χ1v) is 13.8. The molecule has 7 nitrogen and oxygen atoms in total. The molecule has 0 unspecified atom stereocenters. The van der Waals surface area contributed by atoms with Crippen LogP contribution in [-0.4, -0.2) is 50.4 Å². The van der Waals surface area contributed by atoms with Gasteiger partial charge in [-0.3, -0.25) is 9.78 Å². The van der Waals surface area contributed by atoms with E-state index in [1.165, 1.54) is 6.07 Å². The molecule has 1 saturated heterocycles. The summed E-state index contributed by atoms with van der Waals surface area (Å²) >= 11 is 6.52. The summed E-state index contributed by atoms with van der Waals surface area (Å²) in [5, 5.41) is 1.13. The molecule has 0 saturated carbocycles. The minimum Gasteiger partial charge on any atom is -0.493 e. The van der Waals surface area contributed by atoms with Crippen molar-refractivity contribution in [2.75, 3.05) is 33.5 Å². The fourth-order valence-electron chi connectivity index (χ4n) is 4.48. The highest BCUT2D eigenvalue weighted by molar-refractivity contribution is 6.31. The van der Waals surface area contributed by atoms with E-state index in [-0.39, 0.29) is 30.5 Å². The molecule has 0 amide bonds. The topological polar surface area (TPSA) is 76.1 Å². The van der Waals surface area contributed by atoms with Gasteiger partial charge in [0, 0.05) is 41.9 Å². The van der Waals surface area contributed by atoms with Gasteiger partial charge in [-0.25, -0.2) is 4.39 Å². The Morgan fingerprint density at radius 3 is 2.59 bits per heavy atom. The minimum atomic E-state index is -0.386. The first kappa shape index (κ1) is 28.8. The van der Waals surface area contributed by atoms with Crippen molar-refractivity contribution in [1.82, 2.24) is 4.98 Å². The van der Waals surface area contributed by atoms with E-state index in [0.29, 0.717) is 71.1 Å². The zero-order valence-corrected chi connectivity index (χ0v) is 23.7. The molecule has 0 radical (unpaired) electrons. The first-order chi connectivity index (χ1) is 19.9. The van der Waals surface area contributed by atoms with Gasteiger partial charge < -0.3 is 23.7 Å². The molecule has 1 aromatic heterocycles. The van der Waals surface area contributed by atoms with Crippen LogP contribution < -0.4 is 14.2 Å². The lowest BCUT2D eigenvalue weighted by atomic mass is 10.0. The van der Waals surface area contributed by atoms with Gasteiger partial charge in [-0.2, -0.15) is 0 Å². The number of aryl methyl sites for hydroxylation is 1. The number of fused-ring (bicyclic) bond motifs is 1. The predicted molar refractivity (Wildman–Crippen MR) is 154 cm³/mol. The van der Waals surface area contributed by atoms with Crippen LogP contribution in [0.1, 0.15) is 23.1 Å². The van der Waals surface area contributed by atoms with E-state index in [1.54, 1.807) is 49.7 Å². The second-order valence-electron chi connectivity index (χ2n) is 9.90. The smallest absolute Gasteiger partial charge is 0.163 e. The number of hydrogen-bond acceptors (Lipinski definition) is 7. The molecular weight excluding hydrogens is 549 g/mol. The molecule has 0 spiro atoms. The number of hydrogen-bond donors (Lipinski definition) is 0. The maximum atomic E-state index is 14.1. The third kappa shape index (κ3) is 7.33. The maximum Gasteiger partial charge on any atom is 0.163 e. The van der Waals surface area contributed by atoms with Gasteiger partial charge >= 0.3 is 0 Å². The fraction of sp³-hybridized carbons (Fsp3) is 0.312. The van der Waals surface area contributed by atoms with Crippen molar-refractivity contribution in [3.8, 4) is 23.0 Å². The van der Waals surface area contributed by atoms with Gasteiger partial charge in [0.2, 0.25) is 0 Å². The predicted octanol–water partition coefficient (Wildman–Crippen LogP) is 6.68. The van der Waals surface area contributed by atoms with Crippen molar-refractivity contribution < 1.29 is 32.9 Å². The Hall–Kier alpha value is -3.72. The van der Waals surface area contributed by atoms with Crippen LogP contribution in [0, 0.1) is 12.7 Å². The van der Waals surface area contributed by atoms with Crippen LogP contribution >= 0.6 is 11.6 Å². The monoisotopic (exact) mass is 579 g/mol. The zero-order valence-electron chi connectivity index (χ0n) is 23.0. The number of rotatable bonds is 13. The number of carbonyl (C=O) groups excluding carboxylic acids is 1. The van der Waals surface area contributed by atoms with Crippen molar-refractivity contribution in [2.24, 2.45) is 0 Å². The van der Waals surface area contributed by atoms with E-state index in [2.05, 4.69) is 4.98 Å². The molecule has 5 rings (SSSR count). The summed E-state index contributed by atoms with van der Waals surface area (Å²) in [5.74, 6) is 1.68. The highest BCUT2D eigenvalue weighted by Gasteiger charge is 2.18. The summed E-state index contributed by atoms with van der Waals surface area (Å²) < 4.78 is 42.6. The molecule has 1 aliphatic heterocycles. The number of pyridine rings is 1. The second-order valence-corrected chi connectivity index (χ2v) is 10.3. The summed E-state index contributed by atoms with van der Waals surface area (Å²) in [6.45, 7) is 4.24. The lowest BCUT2D eigenvalue weighted by Gasteiger charge is -2.25. The van der Waals surface area contributed by atoms with E-state index in [0.717, 1.165) is 17.4 Å². The van der Waals surface area contributed by atoms with Crippen molar-refractivity contribution in [1.29, 1.82) is 0 Å². The molecule has 9 heteroatoms. The van der Waals surface area contributed by atoms with Crippen LogP contribution in [0.15, 0.2) is 60.8 Å². The van der Waals surface area contributed by atoms with Crippen LogP contribution in [0.5, 0.6) is 23.0 Å². The summed E-state index contributed by atoms with van der Waals surface area (Å²) in [4.78, 5) is 17.1. The van der Waals surface area contributed by atoms with Gasteiger partial charge in [-0.05, 0) is 48.4 Å². The number of ketones is 1. The highest BCUT2D eigenvalue weighted by Crippen LogP contribution is 2.37. The number of carbonyl (C=O) groups is 1. The Balaban J connectivity index is 1.24. The van der Waals surface area contributed by atoms with E-state index in [1.807, 2.05) is 19.1 Å². The maximum absolute atomic E-state index is 14.1. The average Bonchev–Trinajstić information content (AvgIpc) is 2.93. The lowest BCUT2D eigenvalue weighted by molar-refractivity contribution is -0.130. The molecule has 41 heavy (non-hydrogen) atoms. The van der Waals surface area contributed by atoms with Gasteiger partial charge in [0.25, 0.3) is 0 Å². The molecule has 0 atom stereocenters. The van der Waals surface area contributed by atoms with E-state index < -0.39 is 0 Å². The van der Waals surface area contributed by atoms with Gasteiger partial charge in [0.05, 0.1) is 39.1 Å². The summed E-state index contributed by atoms with van der Waals surface area (Å²) in [5.41, 5.74) is 2.61. The molecule has 2 heterocycles. The second kappa shape index (κ2) is 13.3. The summed E-state index contributed by atoms with van der Waals surface area (Å²) in [7, 11) is 1.58. The number of benzene rings is 3. The first-order valence-electron chi connectivity index (χ1n) is 13.4. The molecule has 0 N–H and O–H groups in total. The molecule has 3 aromatic carbocycles. The van der Waals surface area contributed by atoms with Gasteiger partial charge in [-0.15, -0.1) is 0 Å². The largest absolute Gasteiger partial charge is 0.493 e. The van der Waals surface area contributed by atoms with Gasteiger partial charge in [-0.1, -0.05) is 35.4 Å². The van der Waals surface area contributed by atoms with Gasteiger partial charge in [0.15, 0.2) is 11.5 Å². The molecule has 1 fully saturated rings. The quantitative estimate of drug-likeness (QED) is 0.164. The van der Waals surface area contributed by atoms with E-state index in [9.17, 15) is 9.18 Å². The van der Waals surface area contributed by atoms with E-state index in [4.69, 9.17) is 35.3 Å². The number of halogens is 2. The third-order valence-electron chi connectivity index (χ3n) is 6.72. The van der Waals surface area contributed by atoms with E-state index >= 15 is 0 Å². The normalized spacial score (nSPS) is 13.2. The average molecular weight is 580 g/mol. The van der Waals surface area contributed by atoms with Crippen molar-refractivity contribution in [3.63, 3.8) is 0 Å². The van der Waals surface area contributed by atoms with Crippen molar-refractivity contribution in [2.45, 2.75) is 32.3 Å².